The van der Waals surface area contributed by atoms with E-state index >= 15 is 0 Å². The highest BCUT2D eigenvalue weighted by Gasteiger charge is 2.59. The molecule has 0 unspecified atom stereocenters. The fourth-order valence-corrected chi connectivity index (χ4v) is 4.11. The minimum atomic E-state index is -1.85. The van der Waals surface area contributed by atoms with Crippen molar-refractivity contribution in [2.75, 3.05) is 5.32 Å². The summed E-state index contributed by atoms with van der Waals surface area (Å²) in [6.07, 6.45) is 0. The zero-order valence-electron chi connectivity index (χ0n) is 15.5. The van der Waals surface area contributed by atoms with Gasteiger partial charge in [0.1, 0.15) is 22.9 Å². The molecule has 0 fully saturated rings. The van der Waals surface area contributed by atoms with Crippen LogP contribution in [0.1, 0.15) is 11.1 Å². The summed E-state index contributed by atoms with van der Waals surface area (Å²) in [6.45, 7) is 0. The molecule has 0 saturated carbocycles. The van der Waals surface area contributed by atoms with Crippen LogP contribution in [0.2, 0.25) is 0 Å². The first-order chi connectivity index (χ1) is 14.9. The molecule has 4 N–H and O–H groups in total. The Morgan fingerprint density at radius 1 is 1.29 bits per heavy atom. The van der Waals surface area contributed by atoms with E-state index in [4.69, 9.17) is 10.5 Å². The van der Waals surface area contributed by atoms with E-state index in [2.05, 4.69) is 15.5 Å². The Hall–Kier alpha value is -4.72. The maximum Gasteiger partial charge on any atom is 0.270 e. The van der Waals surface area contributed by atoms with Crippen LogP contribution in [0.5, 0.6) is 5.88 Å². The number of fused-ring (bicyclic) bond motifs is 4. The Morgan fingerprint density at radius 2 is 2.10 bits per heavy atom. The van der Waals surface area contributed by atoms with Crippen molar-refractivity contribution in [3.63, 3.8) is 0 Å². The molecule has 0 bridgehead atoms. The van der Waals surface area contributed by atoms with Crippen molar-refractivity contribution >= 4 is 17.3 Å². The zero-order valence-corrected chi connectivity index (χ0v) is 15.5. The largest absolute Gasteiger partial charge is 0.420 e. The fourth-order valence-electron chi connectivity index (χ4n) is 4.11. The van der Waals surface area contributed by atoms with E-state index in [0.717, 1.165) is 6.07 Å². The molecule has 1 amide bonds. The van der Waals surface area contributed by atoms with Gasteiger partial charge in [-0.2, -0.15) is 5.26 Å². The summed E-state index contributed by atoms with van der Waals surface area (Å²) >= 11 is 0. The van der Waals surface area contributed by atoms with E-state index in [1.165, 1.54) is 30.3 Å². The number of halogens is 1. The van der Waals surface area contributed by atoms with Crippen molar-refractivity contribution in [1.29, 1.82) is 5.26 Å². The third-order valence-electron chi connectivity index (χ3n) is 5.37. The molecule has 10 nitrogen and oxygen atoms in total. The fraction of sp³-hybridized carbons (Fsp3) is 0.0500. The number of hydrogen-bond acceptors (Lipinski definition) is 7. The minimum Gasteiger partial charge on any atom is -0.420 e. The standard InChI is InChI=1S/C20H11FN6O4/c21-10-4-5-14-12(7-10)20(19(28)24-14)13(8-22)17(23)31-18-15(20)16(25-26-18)9-2-1-3-11(6-9)27(29)30/h1-7H,23H2,(H,24,28)(H,25,26)/t20-/m1/s1. The maximum absolute atomic E-state index is 14.2. The van der Waals surface area contributed by atoms with E-state index in [1.54, 1.807) is 6.07 Å². The number of benzene rings is 2. The zero-order chi connectivity index (χ0) is 21.9. The number of aromatic amines is 1. The number of nitrogens with zero attached hydrogens (tertiary/aromatic N) is 3. The average Bonchev–Trinajstić information content (AvgIpc) is 3.28. The number of nitro benzene ring substituents is 1. The van der Waals surface area contributed by atoms with Crippen LogP contribution in [0.4, 0.5) is 15.8 Å². The van der Waals surface area contributed by atoms with Gasteiger partial charge in [-0.3, -0.25) is 20.0 Å². The van der Waals surface area contributed by atoms with E-state index < -0.39 is 22.1 Å². The molecule has 152 valence electrons. The Kier molecular flexibility index (Phi) is 3.63. The number of carbonyl (C=O) groups excluding carboxylic acids is 1. The number of rotatable bonds is 2. The molecule has 1 spiro atoms. The van der Waals surface area contributed by atoms with Crippen LogP contribution in [-0.4, -0.2) is 21.0 Å². The van der Waals surface area contributed by atoms with Gasteiger partial charge in [0.15, 0.2) is 0 Å². The summed E-state index contributed by atoms with van der Waals surface area (Å²) in [5.41, 5.74) is 4.76. The van der Waals surface area contributed by atoms with Gasteiger partial charge in [0.05, 0.1) is 16.2 Å². The predicted molar refractivity (Wildman–Crippen MR) is 104 cm³/mol. The van der Waals surface area contributed by atoms with Crippen LogP contribution in [0.25, 0.3) is 11.3 Å². The van der Waals surface area contributed by atoms with Crippen molar-refractivity contribution in [1.82, 2.24) is 10.2 Å². The van der Waals surface area contributed by atoms with Gasteiger partial charge >= 0.3 is 0 Å². The second-order valence-electron chi connectivity index (χ2n) is 6.93. The first-order valence-electron chi connectivity index (χ1n) is 8.91. The number of aromatic nitrogens is 2. The molecule has 0 saturated heterocycles. The third kappa shape index (κ3) is 2.29. The lowest BCUT2D eigenvalue weighted by atomic mass is 9.68. The SMILES string of the molecule is N#CC1=C(N)Oc2n[nH]c(-c3cccc([N+](=O)[O-])c3)c2[C@]12C(=O)Nc1ccc(F)cc12. The number of ether oxygens (including phenoxy) is 1. The van der Waals surface area contributed by atoms with Gasteiger partial charge in [-0.25, -0.2) is 4.39 Å². The van der Waals surface area contributed by atoms with Crippen LogP contribution < -0.4 is 15.8 Å². The number of nitro groups is 1. The van der Waals surface area contributed by atoms with Crippen LogP contribution in [0.3, 0.4) is 0 Å². The highest BCUT2D eigenvalue weighted by atomic mass is 19.1. The molecule has 2 aliphatic heterocycles. The van der Waals surface area contributed by atoms with Crippen molar-refractivity contribution in [2.24, 2.45) is 5.73 Å². The summed E-state index contributed by atoms with van der Waals surface area (Å²) in [6, 6.07) is 11.2. The van der Waals surface area contributed by atoms with Crippen LogP contribution in [0, 0.1) is 27.3 Å². The Morgan fingerprint density at radius 3 is 2.84 bits per heavy atom. The van der Waals surface area contributed by atoms with E-state index in [1.807, 2.05) is 6.07 Å². The normalized spacial score (nSPS) is 18.8. The number of amides is 1. The Labute approximate surface area is 172 Å². The molecule has 1 aromatic heterocycles. The summed E-state index contributed by atoms with van der Waals surface area (Å²) in [7, 11) is 0. The highest BCUT2D eigenvalue weighted by molar-refractivity contribution is 6.13. The van der Waals surface area contributed by atoms with Crippen LogP contribution in [0.15, 0.2) is 53.9 Å². The summed E-state index contributed by atoms with van der Waals surface area (Å²) in [5.74, 6) is -1.71. The summed E-state index contributed by atoms with van der Waals surface area (Å²) in [4.78, 5) is 24.0. The minimum absolute atomic E-state index is 0.0923. The number of anilines is 1. The highest BCUT2D eigenvalue weighted by Crippen LogP contribution is 2.55. The first-order valence-corrected chi connectivity index (χ1v) is 8.91. The predicted octanol–water partition coefficient (Wildman–Crippen LogP) is 2.45. The van der Waals surface area contributed by atoms with Crippen molar-refractivity contribution in [3.8, 4) is 23.2 Å². The van der Waals surface area contributed by atoms with Crippen LogP contribution >= 0.6 is 0 Å². The Bertz CT molecular complexity index is 1390. The molecule has 2 aromatic carbocycles. The number of nitrogens with one attached hydrogen (secondary N) is 2. The van der Waals surface area contributed by atoms with Gasteiger partial charge in [-0.05, 0) is 18.2 Å². The van der Waals surface area contributed by atoms with Gasteiger partial charge in [0.25, 0.3) is 5.69 Å². The monoisotopic (exact) mass is 418 g/mol. The van der Waals surface area contributed by atoms with Crippen molar-refractivity contribution in [2.45, 2.75) is 5.41 Å². The topological polar surface area (TPSA) is 160 Å². The van der Waals surface area contributed by atoms with Crippen molar-refractivity contribution in [3.05, 3.63) is 81.0 Å². The average molecular weight is 418 g/mol. The number of carbonyl (C=O) groups is 1. The number of nitriles is 1. The molecule has 2 aliphatic rings. The first kappa shape index (κ1) is 18.3. The molecule has 31 heavy (non-hydrogen) atoms. The van der Waals surface area contributed by atoms with Gasteiger partial charge < -0.3 is 15.8 Å². The van der Waals surface area contributed by atoms with E-state index in [9.17, 15) is 24.6 Å². The summed E-state index contributed by atoms with van der Waals surface area (Å²) < 4.78 is 19.7. The van der Waals surface area contributed by atoms with Crippen molar-refractivity contribution < 1.29 is 18.8 Å². The third-order valence-corrected chi connectivity index (χ3v) is 5.37. The molecule has 1 atom stereocenters. The molecular weight excluding hydrogens is 407 g/mol. The lowest BCUT2D eigenvalue weighted by Gasteiger charge is -2.31. The Balaban J connectivity index is 1.88. The molecule has 5 rings (SSSR count). The molecule has 0 radical (unpaired) electrons. The second kappa shape index (κ2) is 6.14. The molecule has 11 heteroatoms. The molecule has 3 aromatic rings. The van der Waals surface area contributed by atoms with Gasteiger partial charge in [-0.1, -0.05) is 12.1 Å². The summed E-state index contributed by atoms with van der Waals surface area (Å²) in [5, 5.41) is 30.6. The smallest absolute Gasteiger partial charge is 0.270 e. The van der Waals surface area contributed by atoms with Gasteiger partial charge in [0, 0.05) is 28.9 Å². The maximum atomic E-state index is 14.2. The van der Waals surface area contributed by atoms with Gasteiger partial charge in [0.2, 0.25) is 17.7 Å². The molecular formula is C20H11FN6O4. The lowest BCUT2D eigenvalue weighted by Crippen LogP contribution is -2.42. The molecule has 3 heterocycles. The van der Waals surface area contributed by atoms with E-state index in [0.29, 0.717) is 11.3 Å². The van der Waals surface area contributed by atoms with E-state index in [-0.39, 0.29) is 39.8 Å². The molecule has 0 aliphatic carbocycles. The quantitative estimate of drug-likeness (QED) is 0.425. The number of hydrogen-bond donors (Lipinski definition) is 3. The second-order valence-corrected chi connectivity index (χ2v) is 6.93. The van der Waals surface area contributed by atoms with Gasteiger partial charge in [-0.15, -0.1) is 5.10 Å². The van der Waals surface area contributed by atoms with Crippen LogP contribution in [-0.2, 0) is 10.2 Å². The number of nitrogens with two attached hydrogens (primary N) is 1. The lowest BCUT2D eigenvalue weighted by molar-refractivity contribution is -0.384. The number of non-ortho nitro benzene ring substituents is 1. The number of H-pyrrole nitrogens is 1.